The van der Waals surface area contributed by atoms with Gasteiger partial charge in [-0.3, -0.25) is 4.79 Å². The van der Waals surface area contributed by atoms with E-state index in [0.29, 0.717) is 23.5 Å². The van der Waals surface area contributed by atoms with Crippen LogP contribution >= 0.6 is 0 Å². The van der Waals surface area contributed by atoms with Gasteiger partial charge in [0.1, 0.15) is 0 Å². The zero-order valence-corrected chi connectivity index (χ0v) is 14.7. The summed E-state index contributed by atoms with van der Waals surface area (Å²) in [6.45, 7) is 0. The van der Waals surface area contributed by atoms with Gasteiger partial charge in [0.15, 0.2) is 11.5 Å². The normalized spacial score (nSPS) is 11.2. The molecule has 0 unspecified atom stereocenters. The molecule has 0 bridgehead atoms. The molecule has 0 radical (unpaired) electrons. The Labute approximate surface area is 149 Å². The first kappa shape index (κ1) is 19.6. The van der Waals surface area contributed by atoms with Gasteiger partial charge in [-0.15, -0.1) is 0 Å². The van der Waals surface area contributed by atoms with Crippen molar-refractivity contribution in [2.75, 3.05) is 21.3 Å². The highest BCUT2D eigenvalue weighted by molar-refractivity contribution is 5.95. The second kappa shape index (κ2) is 8.12. The topological polar surface area (TPSA) is 47.6 Å². The van der Waals surface area contributed by atoms with Gasteiger partial charge in [-0.05, 0) is 54.3 Å². The summed E-state index contributed by atoms with van der Waals surface area (Å²) < 4.78 is 49.4. The van der Waals surface area contributed by atoms with E-state index in [1.165, 1.54) is 27.3 Å². The van der Waals surface area contributed by atoms with Gasteiger partial charge < -0.3 is 14.8 Å². The van der Waals surface area contributed by atoms with Crippen molar-refractivity contribution in [3.05, 3.63) is 58.7 Å². The fourth-order valence-corrected chi connectivity index (χ4v) is 2.65. The Morgan fingerprint density at radius 3 is 2.27 bits per heavy atom. The van der Waals surface area contributed by atoms with Crippen molar-refractivity contribution in [2.45, 2.75) is 19.0 Å². The van der Waals surface area contributed by atoms with Crippen LogP contribution < -0.4 is 14.8 Å². The summed E-state index contributed by atoms with van der Waals surface area (Å²) in [5.74, 6) is 0.697. The molecule has 0 aliphatic carbocycles. The van der Waals surface area contributed by atoms with E-state index < -0.39 is 17.6 Å². The lowest BCUT2D eigenvalue weighted by Gasteiger charge is -2.14. The molecule has 0 saturated carbocycles. The molecule has 0 atom stereocenters. The second-order valence-corrected chi connectivity index (χ2v) is 5.64. The zero-order valence-electron chi connectivity index (χ0n) is 14.7. The maximum atomic E-state index is 13.0. The molecule has 1 amide bonds. The molecule has 26 heavy (non-hydrogen) atoms. The smallest absolute Gasteiger partial charge is 0.416 e. The van der Waals surface area contributed by atoms with E-state index in [-0.39, 0.29) is 12.0 Å². The van der Waals surface area contributed by atoms with Crippen LogP contribution in [0, 0.1) is 0 Å². The molecule has 2 rings (SSSR count). The van der Waals surface area contributed by atoms with Gasteiger partial charge in [-0.2, -0.15) is 13.2 Å². The molecule has 7 heteroatoms. The predicted octanol–water partition coefficient (Wildman–Crippen LogP) is 3.87. The fraction of sp³-hybridized carbons (Fsp3) is 0.316. The van der Waals surface area contributed by atoms with Crippen molar-refractivity contribution in [3.63, 3.8) is 0 Å². The molecular formula is C19H20F3NO3. The number of amides is 1. The first-order chi connectivity index (χ1) is 12.3. The number of aryl methyl sites for hydroxylation is 2. The standard InChI is InChI=1S/C19H20F3NO3/c1-23-18(24)15-8-7-14(19(20,21)22)11-13(15)6-4-12-5-9-16(25-2)17(10-12)26-3/h5,7-11H,4,6H2,1-3H3,(H,23,24). The lowest BCUT2D eigenvalue weighted by Crippen LogP contribution is -2.20. The van der Waals surface area contributed by atoms with E-state index in [4.69, 9.17) is 9.47 Å². The zero-order chi connectivity index (χ0) is 19.3. The molecule has 0 heterocycles. The summed E-state index contributed by atoms with van der Waals surface area (Å²) in [7, 11) is 4.48. The third kappa shape index (κ3) is 4.47. The van der Waals surface area contributed by atoms with Crippen LogP contribution in [0.1, 0.15) is 27.0 Å². The van der Waals surface area contributed by atoms with Crippen LogP contribution in [0.5, 0.6) is 11.5 Å². The van der Waals surface area contributed by atoms with Crippen LogP contribution in [0.4, 0.5) is 13.2 Å². The van der Waals surface area contributed by atoms with Gasteiger partial charge in [0.05, 0.1) is 19.8 Å². The molecule has 2 aromatic rings. The molecule has 0 fully saturated rings. The van der Waals surface area contributed by atoms with E-state index in [2.05, 4.69) is 5.32 Å². The van der Waals surface area contributed by atoms with Gasteiger partial charge >= 0.3 is 6.18 Å². The number of rotatable bonds is 6. The van der Waals surface area contributed by atoms with E-state index >= 15 is 0 Å². The lowest BCUT2D eigenvalue weighted by molar-refractivity contribution is -0.137. The summed E-state index contributed by atoms with van der Waals surface area (Å²) in [5, 5.41) is 2.45. The van der Waals surface area contributed by atoms with Gasteiger partial charge in [0.25, 0.3) is 5.91 Å². The minimum absolute atomic E-state index is 0.237. The van der Waals surface area contributed by atoms with Crippen LogP contribution in [0.15, 0.2) is 36.4 Å². The molecular weight excluding hydrogens is 347 g/mol. The maximum absolute atomic E-state index is 13.0. The number of methoxy groups -OCH3 is 2. The van der Waals surface area contributed by atoms with Crippen molar-refractivity contribution in [2.24, 2.45) is 0 Å². The molecule has 0 aliphatic rings. The molecule has 0 aliphatic heterocycles. The largest absolute Gasteiger partial charge is 0.493 e. The predicted molar refractivity (Wildman–Crippen MR) is 91.8 cm³/mol. The van der Waals surface area contributed by atoms with Gasteiger partial charge in [0.2, 0.25) is 0 Å². The summed E-state index contributed by atoms with van der Waals surface area (Å²) in [6.07, 6.45) is -3.73. The van der Waals surface area contributed by atoms with Crippen molar-refractivity contribution in [3.8, 4) is 11.5 Å². The molecule has 0 saturated heterocycles. The number of hydrogen-bond acceptors (Lipinski definition) is 3. The van der Waals surface area contributed by atoms with Crippen molar-refractivity contribution in [1.82, 2.24) is 5.32 Å². The van der Waals surface area contributed by atoms with E-state index in [0.717, 1.165) is 17.7 Å². The number of benzene rings is 2. The average Bonchev–Trinajstić information content (AvgIpc) is 2.64. The Hall–Kier alpha value is -2.70. The van der Waals surface area contributed by atoms with E-state index in [1.54, 1.807) is 12.1 Å². The summed E-state index contributed by atoms with van der Waals surface area (Å²) in [4.78, 5) is 12.0. The Morgan fingerprint density at radius 2 is 1.69 bits per heavy atom. The fourth-order valence-electron chi connectivity index (χ4n) is 2.65. The Kier molecular flexibility index (Phi) is 6.13. The first-order valence-electron chi connectivity index (χ1n) is 7.93. The second-order valence-electron chi connectivity index (χ2n) is 5.64. The third-order valence-corrected chi connectivity index (χ3v) is 4.04. The SMILES string of the molecule is CNC(=O)c1ccc(C(F)(F)F)cc1CCc1ccc(OC)c(OC)c1. The quantitative estimate of drug-likeness (QED) is 0.843. The number of carbonyl (C=O) groups is 1. The summed E-state index contributed by atoms with van der Waals surface area (Å²) in [5.41, 5.74) is 0.672. The van der Waals surface area contributed by atoms with E-state index in [9.17, 15) is 18.0 Å². The number of halogens is 3. The Bertz CT molecular complexity index is 788. The van der Waals surface area contributed by atoms with Crippen molar-refractivity contribution < 1.29 is 27.4 Å². The van der Waals surface area contributed by atoms with Crippen LogP contribution in [0.25, 0.3) is 0 Å². The highest BCUT2D eigenvalue weighted by atomic mass is 19.4. The van der Waals surface area contributed by atoms with E-state index in [1.807, 2.05) is 6.07 Å². The van der Waals surface area contributed by atoms with Crippen LogP contribution in [0.3, 0.4) is 0 Å². The third-order valence-electron chi connectivity index (χ3n) is 4.04. The minimum atomic E-state index is -4.46. The van der Waals surface area contributed by atoms with Crippen molar-refractivity contribution in [1.29, 1.82) is 0 Å². The van der Waals surface area contributed by atoms with Crippen LogP contribution in [0.2, 0.25) is 0 Å². The molecule has 2 aromatic carbocycles. The number of hydrogen-bond donors (Lipinski definition) is 1. The molecule has 4 nitrogen and oxygen atoms in total. The van der Waals surface area contributed by atoms with Crippen LogP contribution in [-0.4, -0.2) is 27.2 Å². The van der Waals surface area contributed by atoms with Gasteiger partial charge in [0, 0.05) is 12.6 Å². The lowest BCUT2D eigenvalue weighted by atomic mass is 9.96. The van der Waals surface area contributed by atoms with Gasteiger partial charge in [-0.25, -0.2) is 0 Å². The first-order valence-corrected chi connectivity index (χ1v) is 7.93. The highest BCUT2D eigenvalue weighted by Gasteiger charge is 2.31. The van der Waals surface area contributed by atoms with Gasteiger partial charge in [-0.1, -0.05) is 6.07 Å². The number of ether oxygens (including phenoxy) is 2. The summed E-state index contributed by atoms with van der Waals surface area (Å²) >= 11 is 0. The molecule has 140 valence electrons. The molecule has 1 N–H and O–H groups in total. The Balaban J connectivity index is 2.31. The van der Waals surface area contributed by atoms with Crippen molar-refractivity contribution >= 4 is 5.91 Å². The number of nitrogens with one attached hydrogen (secondary N) is 1. The molecule has 0 spiro atoms. The van der Waals surface area contributed by atoms with Crippen LogP contribution in [-0.2, 0) is 19.0 Å². The Morgan fingerprint density at radius 1 is 1.00 bits per heavy atom. The number of carbonyl (C=O) groups excluding carboxylic acids is 1. The highest BCUT2D eigenvalue weighted by Crippen LogP contribution is 2.32. The molecule has 0 aromatic heterocycles. The number of alkyl halides is 3. The monoisotopic (exact) mass is 367 g/mol. The minimum Gasteiger partial charge on any atom is -0.493 e. The maximum Gasteiger partial charge on any atom is 0.416 e. The summed E-state index contributed by atoms with van der Waals surface area (Å²) in [6, 6.07) is 8.49. The average molecular weight is 367 g/mol.